The van der Waals surface area contributed by atoms with Gasteiger partial charge in [0.15, 0.2) is 14.9 Å². The molecule has 0 aromatic carbocycles. The molecule has 0 bridgehead atoms. The average molecular weight is 273 g/mol. The molecule has 9 heteroatoms. The molecule has 0 aliphatic carbocycles. The van der Waals surface area contributed by atoms with Crippen LogP contribution in [0, 0.1) is 0 Å². The fourth-order valence-electron chi connectivity index (χ4n) is 1.02. The number of carboxylic acids is 1. The van der Waals surface area contributed by atoms with Crippen molar-refractivity contribution in [3.8, 4) is 0 Å². The van der Waals surface area contributed by atoms with Crippen molar-refractivity contribution in [2.75, 3.05) is 11.3 Å². The summed E-state index contributed by atoms with van der Waals surface area (Å²) in [5.74, 6) is -1.03. The van der Waals surface area contributed by atoms with Crippen molar-refractivity contribution >= 4 is 25.8 Å². The highest BCUT2D eigenvalue weighted by Gasteiger charge is 2.20. The predicted octanol–water partition coefficient (Wildman–Crippen LogP) is -0.839. The van der Waals surface area contributed by atoms with Gasteiger partial charge in [-0.2, -0.15) is 0 Å². The van der Waals surface area contributed by atoms with E-state index in [0.717, 1.165) is 6.26 Å². The van der Waals surface area contributed by atoms with E-state index < -0.39 is 37.0 Å². The summed E-state index contributed by atoms with van der Waals surface area (Å²) in [7, 11) is -7.54. The van der Waals surface area contributed by atoms with Gasteiger partial charge in [-0.1, -0.05) is 0 Å². The molecule has 0 rings (SSSR count). The lowest BCUT2D eigenvalue weighted by atomic mass is 10.2. The second kappa shape index (κ2) is 5.60. The lowest BCUT2D eigenvalue weighted by molar-refractivity contribution is -0.137. The van der Waals surface area contributed by atoms with Crippen LogP contribution >= 0.6 is 0 Å². The molecular formula is C7H15NO6S2. The minimum Gasteiger partial charge on any atom is -0.481 e. The third-order valence-electron chi connectivity index (χ3n) is 1.54. The van der Waals surface area contributed by atoms with Gasteiger partial charge in [0, 0.05) is 18.7 Å². The molecule has 0 radical (unpaired) electrons. The summed E-state index contributed by atoms with van der Waals surface area (Å²) < 4.78 is 46.2. The number of hydrogen-bond donors (Lipinski definition) is 2. The summed E-state index contributed by atoms with van der Waals surface area (Å²) in [5, 5.41) is 7.39. The van der Waals surface area contributed by atoms with Gasteiger partial charge < -0.3 is 5.11 Å². The van der Waals surface area contributed by atoms with E-state index in [1.807, 2.05) is 0 Å². The van der Waals surface area contributed by atoms with Crippen LogP contribution in [0.25, 0.3) is 0 Å². The van der Waals surface area contributed by atoms with Crippen LogP contribution in [0.1, 0.15) is 19.8 Å². The summed E-state index contributed by atoms with van der Waals surface area (Å²) >= 11 is 0. The Morgan fingerprint density at radius 1 is 1.31 bits per heavy atom. The molecule has 1 atom stereocenters. The van der Waals surface area contributed by atoms with E-state index in [2.05, 4.69) is 4.72 Å². The molecule has 16 heavy (non-hydrogen) atoms. The molecule has 0 amide bonds. The molecule has 7 nitrogen and oxygen atoms in total. The molecule has 0 aromatic heterocycles. The smallest absolute Gasteiger partial charge is 0.303 e. The van der Waals surface area contributed by atoms with Crippen LogP contribution in [0.2, 0.25) is 0 Å². The minimum atomic E-state index is -3.92. The van der Waals surface area contributed by atoms with Crippen molar-refractivity contribution in [1.82, 2.24) is 4.72 Å². The number of rotatable bonds is 7. The summed E-state index contributed by atoms with van der Waals surface area (Å²) in [5.41, 5.74) is 0. The van der Waals surface area contributed by atoms with Gasteiger partial charge in [-0.3, -0.25) is 4.79 Å². The number of hydrogen-bond acceptors (Lipinski definition) is 5. The maximum atomic E-state index is 11.3. The number of aliphatic carboxylic acids is 1. The molecule has 0 heterocycles. The van der Waals surface area contributed by atoms with Crippen molar-refractivity contribution in [3.05, 3.63) is 0 Å². The first kappa shape index (κ1) is 15.3. The van der Waals surface area contributed by atoms with E-state index in [1.165, 1.54) is 6.92 Å². The Morgan fingerprint density at radius 2 is 1.81 bits per heavy atom. The van der Waals surface area contributed by atoms with Crippen molar-refractivity contribution in [2.45, 2.75) is 25.8 Å². The van der Waals surface area contributed by atoms with Crippen molar-refractivity contribution in [1.29, 1.82) is 0 Å². The number of carbonyl (C=O) groups is 1. The van der Waals surface area contributed by atoms with Gasteiger partial charge >= 0.3 is 5.97 Å². The first-order valence-corrected chi connectivity index (χ1v) is 8.12. The standard InChI is InChI=1S/C7H15NO6S2/c1-6(3-4-7(9)10)8-16(13,14)5-15(2,11)12/h6,8H,3-5H2,1-2H3,(H,9,10). The molecule has 0 saturated heterocycles. The largest absolute Gasteiger partial charge is 0.481 e. The van der Waals surface area contributed by atoms with Gasteiger partial charge in [0.2, 0.25) is 10.0 Å². The fraction of sp³-hybridized carbons (Fsp3) is 0.857. The molecule has 0 fully saturated rings. The molecule has 0 aliphatic heterocycles. The van der Waals surface area contributed by atoms with Gasteiger partial charge in [-0.15, -0.1) is 0 Å². The number of nitrogens with one attached hydrogen (secondary N) is 1. The summed E-state index contributed by atoms with van der Waals surface area (Å²) in [6.07, 6.45) is 0.745. The molecule has 1 unspecified atom stereocenters. The van der Waals surface area contributed by atoms with E-state index in [1.54, 1.807) is 0 Å². The number of sulfonamides is 1. The average Bonchev–Trinajstić information content (AvgIpc) is 1.94. The van der Waals surface area contributed by atoms with Gasteiger partial charge in [0.05, 0.1) is 0 Å². The zero-order valence-electron chi connectivity index (χ0n) is 9.00. The molecule has 96 valence electrons. The quantitative estimate of drug-likeness (QED) is 0.624. The van der Waals surface area contributed by atoms with E-state index >= 15 is 0 Å². The number of carboxylic acid groups (broad SMARTS) is 1. The van der Waals surface area contributed by atoms with Crippen molar-refractivity contribution in [2.24, 2.45) is 0 Å². The van der Waals surface area contributed by atoms with Crippen LogP contribution < -0.4 is 4.72 Å². The third kappa shape index (κ3) is 8.62. The monoisotopic (exact) mass is 273 g/mol. The van der Waals surface area contributed by atoms with Crippen LogP contribution in [-0.4, -0.2) is 45.3 Å². The molecule has 0 aromatic rings. The maximum Gasteiger partial charge on any atom is 0.303 e. The Kier molecular flexibility index (Phi) is 5.36. The van der Waals surface area contributed by atoms with E-state index in [4.69, 9.17) is 5.11 Å². The first-order chi connectivity index (χ1) is 7.02. The minimum absolute atomic E-state index is 0.109. The van der Waals surface area contributed by atoms with Crippen LogP contribution in [-0.2, 0) is 24.7 Å². The van der Waals surface area contributed by atoms with Crippen LogP contribution in [0.3, 0.4) is 0 Å². The van der Waals surface area contributed by atoms with Gasteiger partial charge in [0.25, 0.3) is 0 Å². The van der Waals surface area contributed by atoms with Gasteiger partial charge in [0.1, 0.15) is 0 Å². The fourth-order valence-corrected chi connectivity index (χ4v) is 4.28. The van der Waals surface area contributed by atoms with Crippen LogP contribution in [0.5, 0.6) is 0 Å². The predicted molar refractivity (Wildman–Crippen MR) is 58.1 cm³/mol. The lowest BCUT2D eigenvalue weighted by Crippen LogP contribution is -2.36. The third-order valence-corrected chi connectivity index (χ3v) is 5.26. The Balaban J connectivity index is 4.32. The lowest BCUT2D eigenvalue weighted by Gasteiger charge is -2.12. The van der Waals surface area contributed by atoms with Crippen LogP contribution in [0.4, 0.5) is 0 Å². The molecular weight excluding hydrogens is 258 g/mol. The van der Waals surface area contributed by atoms with Crippen molar-refractivity contribution < 1.29 is 26.7 Å². The molecule has 0 saturated carbocycles. The summed E-state index contributed by atoms with van der Waals surface area (Å²) in [6, 6.07) is -0.608. The molecule has 0 aliphatic rings. The maximum absolute atomic E-state index is 11.3. The second-order valence-electron chi connectivity index (χ2n) is 3.61. The zero-order valence-corrected chi connectivity index (χ0v) is 10.6. The normalized spacial score (nSPS) is 14.6. The van der Waals surface area contributed by atoms with Crippen molar-refractivity contribution in [3.63, 3.8) is 0 Å². The topological polar surface area (TPSA) is 118 Å². The van der Waals surface area contributed by atoms with Gasteiger partial charge in [-0.05, 0) is 13.3 Å². The zero-order chi connectivity index (χ0) is 13.0. The first-order valence-electron chi connectivity index (χ1n) is 4.41. The SMILES string of the molecule is CC(CCC(=O)O)NS(=O)(=O)CS(C)(=O)=O. The highest BCUT2D eigenvalue weighted by atomic mass is 32.3. The Hall–Kier alpha value is -0.670. The van der Waals surface area contributed by atoms with Crippen LogP contribution in [0.15, 0.2) is 0 Å². The van der Waals surface area contributed by atoms with E-state index in [9.17, 15) is 21.6 Å². The van der Waals surface area contributed by atoms with E-state index in [-0.39, 0.29) is 12.8 Å². The highest BCUT2D eigenvalue weighted by molar-refractivity contribution is 8.06. The van der Waals surface area contributed by atoms with Gasteiger partial charge in [-0.25, -0.2) is 21.6 Å². The molecule has 2 N–H and O–H groups in total. The Morgan fingerprint density at radius 3 is 2.19 bits per heavy atom. The Labute approximate surface area is 94.8 Å². The number of sulfone groups is 1. The molecule has 0 spiro atoms. The highest BCUT2D eigenvalue weighted by Crippen LogP contribution is 2.00. The second-order valence-corrected chi connectivity index (χ2v) is 7.87. The summed E-state index contributed by atoms with van der Waals surface area (Å²) in [4.78, 5) is 10.2. The van der Waals surface area contributed by atoms with E-state index in [0.29, 0.717) is 0 Å². The summed E-state index contributed by atoms with van der Waals surface area (Å²) in [6.45, 7) is 1.47. The Bertz CT molecular complexity index is 437.